The van der Waals surface area contributed by atoms with Crippen molar-refractivity contribution in [2.24, 2.45) is 0 Å². The maximum Gasteiger partial charge on any atom is 0.290 e. The molecule has 142 valence electrons. The lowest BCUT2D eigenvalue weighted by atomic mass is 10.0. The summed E-state index contributed by atoms with van der Waals surface area (Å²) in [6, 6.07) is 24.3. The summed E-state index contributed by atoms with van der Waals surface area (Å²) < 4.78 is 0. The average Bonchev–Trinajstić information content (AvgIpc) is 3.06. The summed E-state index contributed by atoms with van der Waals surface area (Å²) in [4.78, 5) is 35.6. The van der Waals surface area contributed by atoms with Crippen molar-refractivity contribution < 1.29 is 14.4 Å². The standard InChI is InChI=1S/C23H16N2O3S/c26-21(24-19-4-2-1-3-5-19)18-12-10-17(11-13-18)16-8-6-15(7-9-16)14-20-22(27)25-23(28)29-20/h1-14H,(H,24,26)(H,25,27,28)/b20-14-. The van der Waals surface area contributed by atoms with Crippen LogP contribution in [0.3, 0.4) is 0 Å². The molecule has 0 aliphatic carbocycles. The zero-order valence-electron chi connectivity index (χ0n) is 15.2. The maximum atomic E-state index is 12.3. The number of carbonyl (C=O) groups excluding carboxylic acids is 3. The van der Waals surface area contributed by atoms with Crippen LogP contribution in [0.5, 0.6) is 0 Å². The Morgan fingerprint density at radius 1 is 0.828 bits per heavy atom. The summed E-state index contributed by atoms with van der Waals surface area (Å²) in [5.74, 6) is -0.528. The third-order valence-corrected chi connectivity index (χ3v) is 5.17. The fraction of sp³-hybridized carbons (Fsp3) is 0. The predicted molar refractivity (Wildman–Crippen MR) is 115 cm³/mol. The number of hydrogen-bond acceptors (Lipinski definition) is 4. The topological polar surface area (TPSA) is 75.3 Å². The highest BCUT2D eigenvalue weighted by molar-refractivity contribution is 8.18. The van der Waals surface area contributed by atoms with Gasteiger partial charge < -0.3 is 5.32 Å². The summed E-state index contributed by atoms with van der Waals surface area (Å²) in [7, 11) is 0. The molecule has 0 bridgehead atoms. The maximum absolute atomic E-state index is 12.3. The number of amides is 3. The van der Waals surface area contributed by atoms with E-state index >= 15 is 0 Å². The molecule has 0 spiro atoms. The second-order valence-electron chi connectivity index (χ2n) is 6.37. The van der Waals surface area contributed by atoms with Crippen LogP contribution in [0.2, 0.25) is 0 Å². The van der Waals surface area contributed by atoms with Gasteiger partial charge in [0.25, 0.3) is 17.1 Å². The van der Waals surface area contributed by atoms with E-state index in [2.05, 4.69) is 10.6 Å². The molecule has 0 aromatic heterocycles. The largest absolute Gasteiger partial charge is 0.322 e. The molecule has 3 aromatic rings. The molecule has 0 radical (unpaired) electrons. The summed E-state index contributed by atoms with van der Waals surface area (Å²) in [5.41, 5.74) is 4.13. The number of para-hydroxylation sites is 1. The van der Waals surface area contributed by atoms with Gasteiger partial charge in [0.2, 0.25) is 0 Å². The van der Waals surface area contributed by atoms with Gasteiger partial charge in [-0.05, 0) is 58.8 Å². The Kier molecular flexibility index (Phi) is 5.27. The van der Waals surface area contributed by atoms with E-state index in [0.29, 0.717) is 10.5 Å². The third kappa shape index (κ3) is 4.44. The average molecular weight is 400 g/mol. The molecule has 0 unspecified atom stereocenters. The molecular formula is C23H16N2O3S. The normalized spacial score (nSPS) is 14.7. The summed E-state index contributed by atoms with van der Waals surface area (Å²) in [6.07, 6.45) is 1.69. The molecule has 6 heteroatoms. The fourth-order valence-corrected chi connectivity index (χ4v) is 3.57. The highest BCUT2D eigenvalue weighted by Gasteiger charge is 2.24. The number of carbonyl (C=O) groups is 3. The second-order valence-corrected chi connectivity index (χ2v) is 7.39. The van der Waals surface area contributed by atoms with Crippen LogP contribution in [0.4, 0.5) is 10.5 Å². The van der Waals surface area contributed by atoms with Crippen molar-refractivity contribution in [1.29, 1.82) is 0 Å². The molecule has 1 aliphatic rings. The first kappa shape index (κ1) is 18.7. The van der Waals surface area contributed by atoms with Gasteiger partial charge in [-0.2, -0.15) is 0 Å². The van der Waals surface area contributed by atoms with Crippen molar-refractivity contribution >= 4 is 40.6 Å². The van der Waals surface area contributed by atoms with E-state index in [1.807, 2.05) is 66.7 Å². The van der Waals surface area contributed by atoms with Crippen molar-refractivity contribution in [3.63, 3.8) is 0 Å². The highest BCUT2D eigenvalue weighted by atomic mass is 32.2. The zero-order valence-corrected chi connectivity index (χ0v) is 16.0. The van der Waals surface area contributed by atoms with E-state index in [4.69, 9.17) is 0 Å². The third-order valence-electron chi connectivity index (χ3n) is 4.36. The molecule has 3 amide bonds. The molecule has 2 N–H and O–H groups in total. The monoisotopic (exact) mass is 400 g/mol. The fourth-order valence-electron chi connectivity index (χ4n) is 2.88. The van der Waals surface area contributed by atoms with Gasteiger partial charge in [0.15, 0.2) is 0 Å². The van der Waals surface area contributed by atoms with Gasteiger partial charge >= 0.3 is 0 Å². The van der Waals surface area contributed by atoms with E-state index in [1.54, 1.807) is 18.2 Å². The summed E-state index contributed by atoms with van der Waals surface area (Å²) >= 11 is 0.897. The van der Waals surface area contributed by atoms with Crippen LogP contribution in [0.25, 0.3) is 17.2 Å². The SMILES string of the molecule is O=C1NC(=O)/C(=C/c2ccc(-c3ccc(C(=O)Nc4ccccc4)cc3)cc2)S1. The van der Waals surface area contributed by atoms with Gasteiger partial charge in [-0.3, -0.25) is 19.7 Å². The molecule has 1 aliphatic heterocycles. The zero-order chi connectivity index (χ0) is 20.2. The van der Waals surface area contributed by atoms with Gasteiger partial charge in [-0.15, -0.1) is 0 Å². The number of hydrogen-bond donors (Lipinski definition) is 2. The first-order valence-corrected chi connectivity index (χ1v) is 9.72. The minimum absolute atomic E-state index is 0.161. The van der Waals surface area contributed by atoms with Gasteiger partial charge in [0.05, 0.1) is 4.91 Å². The number of anilines is 1. The molecule has 3 aromatic carbocycles. The predicted octanol–water partition coefficient (Wildman–Crippen LogP) is 4.93. The van der Waals surface area contributed by atoms with Gasteiger partial charge in [0, 0.05) is 11.3 Å². The minimum atomic E-state index is -0.367. The Labute approximate surface area is 171 Å². The molecule has 5 nitrogen and oxygen atoms in total. The van der Waals surface area contributed by atoms with Gasteiger partial charge in [-0.25, -0.2) is 0 Å². The van der Waals surface area contributed by atoms with E-state index in [-0.39, 0.29) is 17.1 Å². The molecule has 1 heterocycles. The number of benzene rings is 3. The van der Waals surface area contributed by atoms with Crippen LogP contribution >= 0.6 is 11.8 Å². The number of thioether (sulfide) groups is 1. The summed E-state index contributed by atoms with van der Waals surface area (Å²) in [5, 5.41) is 4.75. The summed E-state index contributed by atoms with van der Waals surface area (Å²) in [6.45, 7) is 0. The first-order chi connectivity index (χ1) is 14.1. The van der Waals surface area contributed by atoms with Crippen molar-refractivity contribution in [2.75, 3.05) is 5.32 Å². The van der Waals surface area contributed by atoms with Crippen LogP contribution in [-0.2, 0) is 4.79 Å². The molecule has 1 saturated heterocycles. The van der Waals surface area contributed by atoms with Crippen LogP contribution < -0.4 is 10.6 Å². The Bertz CT molecular complexity index is 1110. The van der Waals surface area contributed by atoms with Crippen molar-refractivity contribution in [1.82, 2.24) is 5.32 Å². The molecular weight excluding hydrogens is 384 g/mol. The number of nitrogens with one attached hydrogen (secondary N) is 2. The number of rotatable bonds is 4. The molecule has 1 fully saturated rings. The van der Waals surface area contributed by atoms with Crippen LogP contribution in [0, 0.1) is 0 Å². The molecule has 0 atom stereocenters. The van der Waals surface area contributed by atoms with E-state index in [9.17, 15) is 14.4 Å². The van der Waals surface area contributed by atoms with E-state index in [1.165, 1.54) is 0 Å². The lowest BCUT2D eigenvalue weighted by Gasteiger charge is -2.07. The lowest BCUT2D eigenvalue weighted by Crippen LogP contribution is -2.17. The van der Waals surface area contributed by atoms with Gasteiger partial charge in [-0.1, -0.05) is 54.6 Å². The smallest absolute Gasteiger partial charge is 0.290 e. The van der Waals surface area contributed by atoms with Crippen LogP contribution in [0.15, 0.2) is 83.8 Å². The van der Waals surface area contributed by atoms with Gasteiger partial charge in [0.1, 0.15) is 0 Å². The molecule has 4 rings (SSSR count). The minimum Gasteiger partial charge on any atom is -0.322 e. The quantitative estimate of drug-likeness (QED) is 0.609. The molecule has 0 saturated carbocycles. The van der Waals surface area contributed by atoms with Crippen LogP contribution in [-0.4, -0.2) is 17.1 Å². The van der Waals surface area contributed by atoms with E-state index in [0.717, 1.165) is 34.1 Å². The van der Waals surface area contributed by atoms with E-state index < -0.39 is 0 Å². The van der Waals surface area contributed by atoms with Crippen LogP contribution in [0.1, 0.15) is 15.9 Å². The lowest BCUT2D eigenvalue weighted by molar-refractivity contribution is -0.115. The Hall–Kier alpha value is -3.64. The highest BCUT2D eigenvalue weighted by Crippen LogP contribution is 2.27. The second kappa shape index (κ2) is 8.16. The van der Waals surface area contributed by atoms with Crippen molar-refractivity contribution in [3.05, 3.63) is 94.9 Å². The Morgan fingerprint density at radius 2 is 1.45 bits per heavy atom. The Morgan fingerprint density at radius 3 is 2.03 bits per heavy atom. The Balaban J connectivity index is 1.46. The number of imide groups is 1. The van der Waals surface area contributed by atoms with Crippen molar-refractivity contribution in [2.45, 2.75) is 0 Å². The van der Waals surface area contributed by atoms with Crippen molar-refractivity contribution in [3.8, 4) is 11.1 Å². The first-order valence-electron chi connectivity index (χ1n) is 8.90. The molecule has 29 heavy (non-hydrogen) atoms.